The first-order valence-corrected chi connectivity index (χ1v) is 6.23. The molecule has 2 aromatic rings. The van der Waals surface area contributed by atoms with Crippen LogP contribution in [-0.4, -0.2) is 14.5 Å². The maximum atomic E-state index is 5.74. The van der Waals surface area contributed by atoms with Gasteiger partial charge in [-0.3, -0.25) is 0 Å². The summed E-state index contributed by atoms with van der Waals surface area (Å²) in [5.41, 5.74) is 7.93. The van der Waals surface area contributed by atoms with Crippen LogP contribution in [-0.2, 0) is 0 Å². The van der Waals surface area contributed by atoms with E-state index in [0.29, 0.717) is 11.9 Å². The summed E-state index contributed by atoms with van der Waals surface area (Å²) < 4.78 is 2.25. The molecular weight excluding hydrogens is 224 g/mol. The lowest BCUT2D eigenvalue weighted by molar-refractivity contribution is 0.464. The van der Waals surface area contributed by atoms with Gasteiger partial charge in [-0.25, -0.2) is 9.97 Å². The Balaban J connectivity index is 1.98. The van der Waals surface area contributed by atoms with E-state index in [1.807, 2.05) is 24.7 Å². The minimum atomic E-state index is 0.502. The van der Waals surface area contributed by atoms with Gasteiger partial charge in [-0.15, -0.1) is 0 Å². The second kappa shape index (κ2) is 4.64. The average molecular weight is 240 g/mol. The number of aromatic nitrogens is 3. The number of allylic oxidation sites excluding steroid dienone is 2. The first-order valence-electron chi connectivity index (χ1n) is 6.23. The summed E-state index contributed by atoms with van der Waals surface area (Å²) in [5.74, 6) is 0.545. The largest absolute Gasteiger partial charge is 0.384 e. The van der Waals surface area contributed by atoms with Crippen LogP contribution in [0.4, 0.5) is 5.82 Å². The molecule has 2 aromatic heterocycles. The van der Waals surface area contributed by atoms with E-state index >= 15 is 0 Å². The number of rotatable bonds is 2. The highest BCUT2D eigenvalue weighted by molar-refractivity contribution is 5.61. The molecule has 2 heterocycles. The first-order chi connectivity index (χ1) is 8.84. The molecule has 1 atom stereocenters. The van der Waals surface area contributed by atoms with Crippen molar-refractivity contribution in [3.8, 4) is 11.3 Å². The Kier molecular flexibility index (Phi) is 2.84. The predicted molar refractivity (Wildman–Crippen MR) is 71.9 cm³/mol. The minimum Gasteiger partial charge on any atom is -0.384 e. The fourth-order valence-electron chi connectivity index (χ4n) is 2.46. The highest BCUT2D eigenvalue weighted by atomic mass is 15.1. The zero-order chi connectivity index (χ0) is 12.4. The van der Waals surface area contributed by atoms with Gasteiger partial charge in [0.25, 0.3) is 0 Å². The molecule has 0 saturated carbocycles. The van der Waals surface area contributed by atoms with E-state index in [9.17, 15) is 0 Å². The summed E-state index contributed by atoms with van der Waals surface area (Å²) in [6, 6.07) is 4.37. The molecule has 4 nitrogen and oxygen atoms in total. The highest BCUT2D eigenvalue weighted by Gasteiger charge is 2.15. The Hall–Kier alpha value is -2.10. The fraction of sp³-hybridized carbons (Fsp3) is 0.286. The molecule has 92 valence electrons. The van der Waals surface area contributed by atoms with E-state index in [1.54, 1.807) is 6.20 Å². The van der Waals surface area contributed by atoms with Gasteiger partial charge in [-0.1, -0.05) is 12.2 Å². The van der Waals surface area contributed by atoms with Crippen LogP contribution >= 0.6 is 0 Å². The Morgan fingerprint density at radius 2 is 2.28 bits per heavy atom. The van der Waals surface area contributed by atoms with Crippen molar-refractivity contribution in [3.63, 3.8) is 0 Å². The molecule has 4 heteroatoms. The Bertz CT molecular complexity index is 571. The van der Waals surface area contributed by atoms with Crippen LogP contribution in [0.25, 0.3) is 11.3 Å². The lowest BCUT2D eigenvalue weighted by atomic mass is 10.0. The van der Waals surface area contributed by atoms with E-state index in [4.69, 9.17) is 5.73 Å². The molecular formula is C14H16N4. The zero-order valence-corrected chi connectivity index (χ0v) is 10.2. The van der Waals surface area contributed by atoms with Gasteiger partial charge in [0.05, 0.1) is 18.2 Å². The van der Waals surface area contributed by atoms with Gasteiger partial charge in [0.2, 0.25) is 0 Å². The van der Waals surface area contributed by atoms with Crippen LogP contribution in [0.3, 0.4) is 0 Å². The molecule has 0 saturated heterocycles. The average Bonchev–Trinajstić information content (AvgIpc) is 2.89. The van der Waals surface area contributed by atoms with Crippen molar-refractivity contribution < 1.29 is 0 Å². The highest BCUT2D eigenvalue weighted by Crippen LogP contribution is 2.29. The van der Waals surface area contributed by atoms with Crippen LogP contribution in [0.2, 0.25) is 0 Å². The van der Waals surface area contributed by atoms with Crippen molar-refractivity contribution in [2.75, 3.05) is 5.73 Å². The SMILES string of the molecule is Nc1cc(-c2cncn2C2CC=CCC2)ccn1. The minimum absolute atomic E-state index is 0.502. The van der Waals surface area contributed by atoms with Crippen molar-refractivity contribution in [1.82, 2.24) is 14.5 Å². The van der Waals surface area contributed by atoms with Gasteiger partial charge >= 0.3 is 0 Å². The monoisotopic (exact) mass is 240 g/mol. The molecule has 18 heavy (non-hydrogen) atoms. The molecule has 0 amide bonds. The van der Waals surface area contributed by atoms with Crippen molar-refractivity contribution in [2.24, 2.45) is 0 Å². The van der Waals surface area contributed by atoms with Crippen LogP contribution in [0.1, 0.15) is 25.3 Å². The van der Waals surface area contributed by atoms with Crippen molar-refractivity contribution in [2.45, 2.75) is 25.3 Å². The van der Waals surface area contributed by atoms with Gasteiger partial charge < -0.3 is 10.3 Å². The summed E-state index contributed by atoms with van der Waals surface area (Å²) in [4.78, 5) is 8.31. The first kappa shape index (κ1) is 11.0. The summed E-state index contributed by atoms with van der Waals surface area (Å²) in [6.07, 6.45) is 13.4. The van der Waals surface area contributed by atoms with Crippen molar-refractivity contribution in [3.05, 3.63) is 43.0 Å². The standard InChI is InChI=1S/C14H16N4/c15-14-8-11(6-7-17-14)13-9-16-10-18(13)12-4-2-1-3-5-12/h1-2,6-10,12H,3-5H2,(H2,15,17). The number of nitrogen functional groups attached to an aromatic ring is 1. The van der Waals surface area contributed by atoms with E-state index in [1.165, 1.54) is 6.42 Å². The number of anilines is 1. The van der Waals surface area contributed by atoms with Gasteiger partial charge in [0.1, 0.15) is 5.82 Å². The molecule has 0 fully saturated rings. The molecule has 1 aliphatic carbocycles. The maximum absolute atomic E-state index is 5.74. The molecule has 2 N–H and O–H groups in total. The van der Waals surface area contributed by atoms with Crippen molar-refractivity contribution >= 4 is 5.82 Å². The van der Waals surface area contributed by atoms with Gasteiger partial charge in [-0.2, -0.15) is 0 Å². The number of nitrogens with zero attached hydrogens (tertiary/aromatic N) is 3. The molecule has 0 aromatic carbocycles. The van der Waals surface area contributed by atoms with Gasteiger partial charge in [-0.05, 0) is 31.4 Å². The molecule has 0 spiro atoms. The number of pyridine rings is 1. The second-order valence-electron chi connectivity index (χ2n) is 4.59. The molecule has 3 rings (SSSR count). The number of hydrogen-bond acceptors (Lipinski definition) is 3. The Morgan fingerprint density at radius 1 is 1.33 bits per heavy atom. The third kappa shape index (κ3) is 2.01. The van der Waals surface area contributed by atoms with E-state index < -0.39 is 0 Å². The smallest absolute Gasteiger partial charge is 0.123 e. The number of imidazole rings is 1. The van der Waals surface area contributed by atoms with Crippen LogP contribution in [0, 0.1) is 0 Å². The van der Waals surface area contributed by atoms with Crippen LogP contribution in [0.5, 0.6) is 0 Å². The van der Waals surface area contributed by atoms with Gasteiger partial charge in [0, 0.05) is 17.8 Å². The molecule has 1 aliphatic rings. The molecule has 0 bridgehead atoms. The summed E-state index contributed by atoms with van der Waals surface area (Å²) in [7, 11) is 0. The topological polar surface area (TPSA) is 56.7 Å². The third-order valence-corrected chi connectivity index (χ3v) is 3.38. The molecule has 0 radical (unpaired) electrons. The Morgan fingerprint density at radius 3 is 3.06 bits per heavy atom. The van der Waals surface area contributed by atoms with E-state index in [2.05, 4.69) is 26.7 Å². The number of hydrogen-bond donors (Lipinski definition) is 1. The Labute approximate surface area is 106 Å². The summed E-state index contributed by atoms with van der Waals surface area (Å²) in [5, 5.41) is 0. The van der Waals surface area contributed by atoms with Crippen LogP contribution in [0.15, 0.2) is 43.0 Å². The lowest BCUT2D eigenvalue weighted by Gasteiger charge is -2.21. The summed E-state index contributed by atoms with van der Waals surface area (Å²) >= 11 is 0. The predicted octanol–water partition coefficient (Wildman–Crippen LogP) is 2.81. The van der Waals surface area contributed by atoms with E-state index in [0.717, 1.165) is 24.1 Å². The van der Waals surface area contributed by atoms with Crippen molar-refractivity contribution in [1.29, 1.82) is 0 Å². The van der Waals surface area contributed by atoms with Crippen LogP contribution < -0.4 is 5.73 Å². The lowest BCUT2D eigenvalue weighted by Crippen LogP contribution is -2.10. The van der Waals surface area contributed by atoms with Gasteiger partial charge in [0.15, 0.2) is 0 Å². The normalized spacial score (nSPS) is 19.0. The van der Waals surface area contributed by atoms with E-state index in [-0.39, 0.29) is 0 Å². The third-order valence-electron chi connectivity index (χ3n) is 3.38. The quantitative estimate of drug-likeness (QED) is 0.821. The molecule has 0 aliphatic heterocycles. The number of nitrogens with two attached hydrogens (primary N) is 1. The second-order valence-corrected chi connectivity index (χ2v) is 4.59. The maximum Gasteiger partial charge on any atom is 0.123 e. The fourth-order valence-corrected chi connectivity index (χ4v) is 2.46. The zero-order valence-electron chi connectivity index (χ0n) is 10.2. The summed E-state index contributed by atoms with van der Waals surface area (Å²) in [6.45, 7) is 0. The molecule has 1 unspecified atom stereocenters.